The quantitative estimate of drug-likeness (QED) is 0.650. The van der Waals surface area contributed by atoms with Crippen LogP contribution in [-0.2, 0) is 27.2 Å². The lowest BCUT2D eigenvalue weighted by atomic mass is 9.81. The monoisotopic (exact) mass is 483 g/mol. The number of imidazole rings is 1. The number of amides is 1. The SMILES string of the molecule is COC(=O)N1CCc2ccc3c(nc([C@H]4CC[C@H](C(=O)O)CC4)n3[C@H](C)CC3CCOCC3)c2C1. The molecule has 1 N–H and O–H groups in total. The first-order valence-corrected chi connectivity index (χ1v) is 13.1. The van der Waals surface area contributed by atoms with Crippen LogP contribution in [0.1, 0.15) is 80.8 Å². The van der Waals surface area contributed by atoms with Crippen molar-refractivity contribution in [3.63, 3.8) is 0 Å². The molecule has 0 unspecified atom stereocenters. The number of hydrogen-bond acceptors (Lipinski definition) is 5. The fourth-order valence-corrected chi connectivity index (χ4v) is 6.42. The van der Waals surface area contributed by atoms with E-state index >= 15 is 0 Å². The maximum atomic E-state index is 12.3. The van der Waals surface area contributed by atoms with E-state index in [1.807, 2.05) is 0 Å². The summed E-state index contributed by atoms with van der Waals surface area (Å²) in [7, 11) is 1.43. The number of methoxy groups -OCH3 is 1. The lowest BCUT2D eigenvalue weighted by molar-refractivity contribution is -0.142. The van der Waals surface area contributed by atoms with Crippen molar-refractivity contribution in [3.8, 4) is 0 Å². The lowest BCUT2D eigenvalue weighted by Crippen LogP contribution is -2.35. The maximum Gasteiger partial charge on any atom is 0.409 e. The Morgan fingerprint density at radius 1 is 1.17 bits per heavy atom. The second-order valence-corrected chi connectivity index (χ2v) is 10.6. The largest absolute Gasteiger partial charge is 0.481 e. The number of hydrogen-bond donors (Lipinski definition) is 1. The molecule has 5 rings (SSSR count). The zero-order valence-electron chi connectivity index (χ0n) is 20.9. The average Bonchev–Trinajstić information content (AvgIpc) is 3.29. The number of aliphatic carboxylic acids is 1. The smallest absolute Gasteiger partial charge is 0.409 e. The highest BCUT2D eigenvalue weighted by Gasteiger charge is 2.33. The van der Waals surface area contributed by atoms with E-state index < -0.39 is 5.97 Å². The lowest BCUT2D eigenvalue weighted by Gasteiger charge is -2.30. The van der Waals surface area contributed by atoms with Gasteiger partial charge in [0.1, 0.15) is 5.82 Å². The third-order valence-corrected chi connectivity index (χ3v) is 8.42. The van der Waals surface area contributed by atoms with Gasteiger partial charge in [0.05, 0.1) is 30.6 Å². The summed E-state index contributed by atoms with van der Waals surface area (Å²) in [5, 5.41) is 9.48. The predicted octanol–water partition coefficient (Wildman–Crippen LogP) is 4.90. The van der Waals surface area contributed by atoms with Crippen LogP contribution >= 0.6 is 0 Å². The van der Waals surface area contributed by atoms with Crippen LogP contribution in [0.4, 0.5) is 4.79 Å². The van der Waals surface area contributed by atoms with Gasteiger partial charge in [0.2, 0.25) is 0 Å². The van der Waals surface area contributed by atoms with Crippen molar-refractivity contribution in [2.75, 3.05) is 26.9 Å². The first-order valence-electron chi connectivity index (χ1n) is 13.1. The molecule has 0 spiro atoms. The minimum Gasteiger partial charge on any atom is -0.481 e. The second-order valence-electron chi connectivity index (χ2n) is 10.6. The summed E-state index contributed by atoms with van der Waals surface area (Å²) in [5.41, 5.74) is 4.49. The number of nitrogens with zero attached hydrogens (tertiary/aromatic N) is 3. The summed E-state index contributed by atoms with van der Waals surface area (Å²) in [6.45, 7) is 5.13. The van der Waals surface area contributed by atoms with Gasteiger partial charge in [0.15, 0.2) is 0 Å². The Morgan fingerprint density at radius 3 is 2.60 bits per heavy atom. The third kappa shape index (κ3) is 4.77. The van der Waals surface area contributed by atoms with Crippen molar-refractivity contribution in [3.05, 3.63) is 29.1 Å². The fraction of sp³-hybridized carbons (Fsp3) is 0.667. The Balaban J connectivity index is 1.52. The van der Waals surface area contributed by atoms with Crippen LogP contribution in [0.3, 0.4) is 0 Å². The fourth-order valence-electron chi connectivity index (χ4n) is 6.42. The van der Waals surface area contributed by atoms with Gasteiger partial charge in [-0.25, -0.2) is 9.78 Å². The number of fused-ring (bicyclic) bond motifs is 3. The molecule has 1 saturated carbocycles. The van der Waals surface area contributed by atoms with E-state index in [-0.39, 0.29) is 24.0 Å². The highest BCUT2D eigenvalue weighted by atomic mass is 16.5. The Bertz CT molecular complexity index is 1080. The number of carboxylic acids is 1. The molecule has 3 aliphatic rings. The minimum atomic E-state index is -0.679. The normalized spacial score (nSPS) is 24.2. The topological polar surface area (TPSA) is 93.9 Å². The van der Waals surface area contributed by atoms with E-state index in [0.29, 0.717) is 31.8 Å². The molecule has 2 fully saturated rings. The van der Waals surface area contributed by atoms with Crippen molar-refractivity contribution < 1.29 is 24.2 Å². The van der Waals surface area contributed by atoms with Gasteiger partial charge >= 0.3 is 12.1 Å². The number of rotatable bonds is 5. The van der Waals surface area contributed by atoms with Gasteiger partial charge in [-0.3, -0.25) is 4.79 Å². The molecule has 0 radical (unpaired) electrons. The van der Waals surface area contributed by atoms with Crippen LogP contribution in [0.5, 0.6) is 0 Å². The van der Waals surface area contributed by atoms with Crippen LogP contribution in [0.25, 0.3) is 11.0 Å². The molecule has 8 nitrogen and oxygen atoms in total. The first kappa shape index (κ1) is 24.1. The highest BCUT2D eigenvalue weighted by Crippen LogP contribution is 2.40. The Kier molecular flexibility index (Phi) is 7.00. The molecule has 35 heavy (non-hydrogen) atoms. The molecule has 1 aliphatic carbocycles. The molecule has 8 heteroatoms. The van der Waals surface area contributed by atoms with Gasteiger partial charge in [0, 0.05) is 37.3 Å². The van der Waals surface area contributed by atoms with Crippen LogP contribution in [0.2, 0.25) is 0 Å². The van der Waals surface area contributed by atoms with Crippen LogP contribution < -0.4 is 0 Å². The first-order chi connectivity index (χ1) is 17.0. The molecule has 1 atom stereocenters. The van der Waals surface area contributed by atoms with E-state index in [9.17, 15) is 14.7 Å². The van der Waals surface area contributed by atoms with Crippen LogP contribution in [0.15, 0.2) is 12.1 Å². The molecule has 1 aromatic carbocycles. The van der Waals surface area contributed by atoms with Crippen molar-refractivity contribution >= 4 is 23.1 Å². The summed E-state index contributed by atoms with van der Waals surface area (Å²) in [4.78, 5) is 30.8. The minimum absolute atomic E-state index is 0.245. The van der Waals surface area contributed by atoms with Crippen molar-refractivity contribution in [2.45, 2.75) is 76.8 Å². The molecule has 0 bridgehead atoms. The summed E-state index contributed by atoms with van der Waals surface area (Å²) < 4.78 is 13.0. The van der Waals surface area contributed by atoms with Crippen molar-refractivity contribution in [1.82, 2.24) is 14.5 Å². The molecular weight excluding hydrogens is 446 g/mol. The number of carbonyl (C=O) groups excluding carboxylic acids is 1. The zero-order valence-corrected chi connectivity index (χ0v) is 20.9. The van der Waals surface area contributed by atoms with Gasteiger partial charge in [-0.05, 0) is 75.8 Å². The summed E-state index contributed by atoms with van der Waals surface area (Å²) in [5.74, 6) is 1.06. The Hall–Kier alpha value is -2.61. The molecule has 1 aromatic heterocycles. The van der Waals surface area contributed by atoms with E-state index in [4.69, 9.17) is 14.5 Å². The summed E-state index contributed by atoms with van der Waals surface area (Å²) >= 11 is 0. The molecule has 1 amide bonds. The zero-order chi connectivity index (χ0) is 24.5. The maximum absolute atomic E-state index is 12.3. The Morgan fingerprint density at radius 2 is 1.91 bits per heavy atom. The second kappa shape index (κ2) is 10.2. The standard InChI is InChI=1S/C27H37N3O5/c1-17(15-18-10-13-35-14-11-18)30-23-8-7-19-9-12-29(27(33)34-2)16-22(19)24(23)28-25(30)20-3-5-21(6-4-20)26(31)32/h7-8,17-18,20-21H,3-6,9-16H2,1-2H3,(H,31,32)/t17-,20-,21-/m1/s1. The summed E-state index contributed by atoms with van der Waals surface area (Å²) in [6.07, 6.45) is 6.87. The van der Waals surface area contributed by atoms with Crippen LogP contribution in [0, 0.1) is 11.8 Å². The van der Waals surface area contributed by atoms with E-state index in [1.165, 1.54) is 12.7 Å². The van der Waals surface area contributed by atoms with E-state index in [0.717, 1.165) is 74.2 Å². The molecule has 1 saturated heterocycles. The van der Waals surface area contributed by atoms with Gasteiger partial charge in [-0.15, -0.1) is 0 Å². The predicted molar refractivity (Wildman–Crippen MR) is 131 cm³/mol. The van der Waals surface area contributed by atoms with E-state index in [1.54, 1.807) is 4.90 Å². The van der Waals surface area contributed by atoms with Gasteiger partial charge in [-0.2, -0.15) is 0 Å². The number of benzene rings is 1. The third-order valence-electron chi connectivity index (χ3n) is 8.42. The number of carbonyl (C=O) groups is 2. The van der Waals surface area contributed by atoms with Crippen molar-refractivity contribution in [1.29, 1.82) is 0 Å². The molecular formula is C27H37N3O5. The van der Waals surface area contributed by atoms with Gasteiger partial charge in [-0.1, -0.05) is 6.07 Å². The Labute approximate surface area is 206 Å². The van der Waals surface area contributed by atoms with E-state index in [2.05, 4.69) is 23.6 Å². The number of aromatic nitrogens is 2. The molecule has 2 aromatic rings. The molecule has 2 aliphatic heterocycles. The van der Waals surface area contributed by atoms with Crippen LogP contribution in [-0.4, -0.2) is 58.5 Å². The van der Waals surface area contributed by atoms with Crippen molar-refractivity contribution in [2.24, 2.45) is 11.8 Å². The highest BCUT2D eigenvalue weighted by molar-refractivity contribution is 5.82. The summed E-state index contributed by atoms with van der Waals surface area (Å²) in [6, 6.07) is 4.70. The molecule has 3 heterocycles. The van der Waals surface area contributed by atoms with Gasteiger partial charge in [0.25, 0.3) is 0 Å². The molecule has 190 valence electrons. The number of ether oxygens (including phenoxy) is 2. The average molecular weight is 484 g/mol. The number of carboxylic acid groups (broad SMARTS) is 1. The van der Waals surface area contributed by atoms with Gasteiger partial charge < -0.3 is 24.0 Å².